The number of carbonyl (C=O) groups excluding carboxylic acids is 1. The van der Waals surface area contributed by atoms with Crippen molar-refractivity contribution in [3.63, 3.8) is 0 Å². The summed E-state index contributed by atoms with van der Waals surface area (Å²) in [6.45, 7) is 0. The molecule has 0 atom stereocenters. The molecule has 0 amide bonds. The van der Waals surface area contributed by atoms with Crippen LogP contribution in [0.4, 0.5) is 8.78 Å². The summed E-state index contributed by atoms with van der Waals surface area (Å²) in [5.41, 5.74) is -0.214. The van der Waals surface area contributed by atoms with Crippen molar-refractivity contribution >= 4 is 40.5 Å². The zero-order valence-electron chi connectivity index (χ0n) is 6.81. The van der Waals surface area contributed by atoms with Crippen LogP contribution in [-0.4, -0.2) is 11.3 Å². The van der Waals surface area contributed by atoms with Crippen LogP contribution < -0.4 is 0 Å². The molecule has 0 bridgehead atoms. The van der Waals surface area contributed by atoms with Crippen molar-refractivity contribution < 1.29 is 13.6 Å². The highest BCUT2D eigenvalue weighted by Crippen LogP contribution is 2.25. The number of hydrogen-bond acceptors (Lipinski definition) is 2. The average molecular weight is 331 g/mol. The molecule has 0 fully saturated rings. The van der Waals surface area contributed by atoms with E-state index in [1.54, 1.807) is 22.6 Å². The number of alkyl halides is 3. The van der Waals surface area contributed by atoms with Gasteiger partial charge < -0.3 is 0 Å². The quantitative estimate of drug-likeness (QED) is 0.368. The predicted octanol–water partition coefficient (Wildman–Crippen LogP) is 3.18. The fraction of sp³-hybridized carbons (Fsp3) is 0.250. The van der Waals surface area contributed by atoms with E-state index in [0.29, 0.717) is 9.99 Å². The Kier molecular flexibility index (Phi) is 4.18. The SMILES string of the molecule is O=Cc1c(C(F)F)cc(I)nc1CCl. The lowest BCUT2D eigenvalue weighted by Crippen LogP contribution is -2.03. The van der Waals surface area contributed by atoms with Crippen LogP contribution in [0.3, 0.4) is 0 Å². The second kappa shape index (κ2) is 4.97. The lowest BCUT2D eigenvalue weighted by molar-refractivity contribution is 0.110. The van der Waals surface area contributed by atoms with E-state index in [-0.39, 0.29) is 22.7 Å². The van der Waals surface area contributed by atoms with Gasteiger partial charge in [0.15, 0.2) is 6.29 Å². The molecule has 0 aromatic carbocycles. The standard InChI is InChI=1S/C8H5ClF2INO/c9-2-6-5(3-14)4(8(10)11)1-7(12)13-6/h1,3,8H,2H2. The fourth-order valence-corrected chi connectivity index (χ4v) is 1.84. The van der Waals surface area contributed by atoms with Gasteiger partial charge in [0.25, 0.3) is 6.43 Å². The molecule has 76 valence electrons. The zero-order chi connectivity index (χ0) is 10.7. The van der Waals surface area contributed by atoms with Crippen molar-refractivity contribution in [1.29, 1.82) is 0 Å². The van der Waals surface area contributed by atoms with Gasteiger partial charge in [-0.05, 0) is 28.7 Å². The second-order valence-electron chi connectivity index (χ2n) is 2.45. The van der Waals surface area contributed by atoms with E-state index < -0.39 is 6.43 Å². The first-order chi connectivity index (χ1) is 6.60. The van der Waals surface area contributed by atoms with Gasteiger partial charge in [0, 0.05) is 11.1 Å². The van der Waals surface area contributed by atoms with Gasteiger partial charge in [0.1, 0.15) is 3.70 Å². The third-order valence-corrected chi connectivity index (χ3v) is 2.42. The first kappa shape index (κ1) is 11.8. The van der Waals surface area contributed by atoms with Crippen molar-refractivity contribution in [1.82, 2.24) is 4.98 Å². The number of carbonyl (C=O) groups is 1. The van der Waals surface area contributed by atoms with Crippen molar-refractivity contribution in [2.75, 3.05) is 0 Å². The van der Waals surface area contributed by atoms with Crippen LogP contribution in [0, 0.1) is 3.70 Å². The largest absolute Gasteiger partial charge is 0.298 e. The minimum Gasteiger partial charge on any atom is -0.298 e. The number of aldehydes is 1. The molecule has 0 saturated heterocycles. The molecule has 0 aliphatic rings. The van der Waals surface area contributed by atoms with Crippen molar-refractivity contribution in [2.45, 2.75) is 12.3 Å². The highest BCUT2D eigenvalue weighted by Gasteiger charge is 2.17. The van der Waals surface area contributed by atoms with Gasteiger partial charge in [-0.2, -0.15) is 0 Å². The summed E-state index contributed by atoms with van der Waals surface area (Å²) in [6, 6.07) is 1.19. The Morgan fingerprint density at radius 3 is 2.71 bits per heavy atom. The lowest BCUT2D eigenvalue weighted by atomic mass is 10.1. The molecule has 0 aliphatic heterocycles. The molecule has 6 heteroatoms. The highest BCUT2D eigenvalue weighted by atomic mass is 127. The van der Waals surface area contributed by atoms with E-state index in [2.05, 4.69) is 4.98 Å². The molecule has 1 aromatic rings. The van der Waals surface area contributed by atoms with E-state index in [0.717, 1.165) is 0 Å². The topological polar surface area (TPSA) is 30.0 Å². The van der Waals surface area contributed by atoms with Gasteiger partial charge in [0.2, 0.25) is 0 Å². The van der Waals surface area contributed by atoms with Crippen LogP contribution >= 0.6 is 34.2 Å². The third kappa shape index (κ3) is 2.38. The first-order valence-electron chi connectivity index (χ1n) is 3.58. The van der Waals surface area contributed by atoms with Gasteiger partial charge >= 0.3 is 0 Å². The number of aromatic nitrogens is 1. The number of rotatable bonds is 3. The van der Waals surface area contributed by atoms with Crippen LogP contribution in [0.5, 0.6) is 0 Å². The summed E-state index contributed by atoms with van der Waals surface area (Å²) in [7, 11) is 0. The molecule has 2 nitrogen and oxygen atoms in total. The number of nitrogens with zero attached hydrogens (tertiary/aromatic N) is 1. The van der Waals surface area contributed by atoms with Crippen LogP contribution in [0.25, 0.3) is 0 Å². The Bertz CT molecular complexity index is 359. The molecular weight excluding hydrogens is 326 g/mol. The smallest absolute Gasteiger partial charge is 0.264 e. The molecular formula is C8H5ClF2INO. The second-order valence-corrected chi connectivity index (χ2v) is 3.82. The highest BCUT2D eigenvalue weighted by molar-refractivity contribution is 14.1. The maximum atomic E-state index is 12.5. The number of hydrogen-bond donors (Lipinski definition) is 0. The van der Waals surface area contributed by atoms with E-state index in [9.17, 15) is 13.6 Å². The lowest BCUT2D eigenvalue weighted by Gasteiger charge is -2.07. The van der Waals surface area contributed by atoms with Gasteiger partial charge in [-0.1, -0.05) is 0 Å². The molecule has 0 unspecified atom stereocenters. The molecule has 0 N–H and O–H groups in total. The molecule has 1 rings (SSSR count). The van der Waals surface area contributed by atoms with Crippen LogP contribution in [0.2, 0.25) is 0 Å². The Balaban J connectivity index is 3.39. The Morgan fingerprint density at radius 1 is 1.64 bits per heavy atom. The molecule has 0 spiro atoms. The van der Waals surface area contributed by atoms with Crippen molar-refractivity contribution in [3.05, 3.63) is 26.6 Å². The van der Waals surface area contributed by atoms with Crippen LogP contribution in [0.1, 0.15) is 28.0 Å². The third-order valence-electron chi connectivity index (χ3n) is 1.62. The van der Waals surface area contributed by atoms with Crippen molar-refractivity contribution in [3.8, 4) is 0 Å². The Labute approximate surface area is 97.8 Å². The summed E-state index contributed by atoms with van der Waals surface area (Å²) >= 11 is 7.29. The van der Waals surface area contributed by atoms with E-state index in [4.69, 9.17) is 11.6 Å². The molecule has 14 heavy (non-hydrogen) atoms. The minimum atomic E-state index is -2.69. The molecule has 1 heterocycles. The first-order valence-corrected chi connectivity index (χ1v) is 5.20. The van der Waals surface area contributed by atoms with Crippen molar-refractivity contribution in [2.24, 2.45) is 0 Å². The van der Waals surface area contributed by atoms with Gasteiger partial charge in [-0.25, -0.2) is 13.8 Å². The Hall–Kier alpha value is -0.300. The van der Waals surface area contributed by atoms with Gasteiger partial charge in [-0.15, -0.1) is 11.6 Å². The number of halogens is 4. The summed E-state index contributed by atoms with van der Waals surface area (Å²) in [6.07, 6.45) is -2.32. The van der Waals surface area contributed by atoms with Crippen LogP contribution in [0.15, 0.2) is 6.07 Å². The van der Waals surface area contributed by atoms with Crippen LogP contribution in [-0.2, 0) is 5.88 Å². The van der Waals surface area contributed by atoms with Gasteiger partial charge in [0.05, 0.1) is 11.6 Å². The summed E-state index contributed by atoms with van der Waals surface area (Å²) in [5.74, 6) is -0.0510. The maximum Gasteiger partial charge on any atom is 0.264 e. The molecule has 0 radical (unpaired) electrons. The van der Waals surface area contributed by atoms with E-state index in [1.807, 2.05) is 0 Å². The fourth-order valence-electron chi connectivity index (χ4n) is 1.01. The minimum absolute atomic E-state index is 0.0510. The van der Waals surface area contributed by atoms with E-state index in [1.165, 1.54) is 6.07 Å². The predicted molar refractivity (Wildman–Crippen MR) is 56.9 cm³/mol. The monoisotopic (exact) mass is 331 g/mol. The average Bonchev–Trinajstić information content (AvgIpc) is 2.16. The number of pyridine rings is 1. The summed E-state index contributed by atoms with van der Waals surface area (Å²) in [5, 5.41) is 0. The zero-order valence-corrected chi connectivity index (χ0v) is 9.72. The molecule has 0 aliphatic carbocycles. The maximum absolute atomic E-state index is 12.5. The summed E-state index contributed by atoms with van der Waals surface area (Å²) < 4.78 is 25.4. The summed E-state index contributed by atoms with van der Waals surface area (Å²) in [4.78, 5) is 14.5. The van der Waals surface area contributed by atoms with Gasteiger partial charge in [-0.3, -0.25) is 4.79 Å². The van der Waals surface area contributed by atoms with E-state index >= 15 is 0 Å². The molecule has 1 aromatic heterocycles. The Morgan fingerprint density at radius 2 is 2.29 bits per heavy atom. The molecule has 0 saturated carbocycles. The normalized spacial score (nSPS) is 10.6.